The van der Waals surface area contributed by atoms with Gasteiger partial charge in [0.25, 0.3) is 0 Å². The molecule has 1 saturated heterocycles. The van der Waals surface area contributed by atoms with Gasteiger partial charge in [-0.05, 0) is 62.3 Å². The van der Waals surface area contributed by atoms with E-state index < -0.39 is 0 Å². The van der Waals surface area contributed by atoms with Crippen molar-refractivity contribution in [2.24, 2.45) is 0 Å². The minimum absolute atomic E-state index is 0.254. The smallest absolute Gasteiger partial charge is 0.241 e. The number of halogens is 1. The number of fused-ring (bicyclic) bond motifs is 1. The lowest BCUT2D eigenvalue weighted by atomic mass is 9.93. The van der Waals surface area contributed by atoms with Gasteiger partial charge in [-0.2, -0.15) is 0 Å². The van der Waals surface area contributed by atoms with Crippen LogP contribution in [0.1, 0.15) is 24.5 Å². The number of benzene rings is 2. The van der Waals surface area contributed by atoms with Crippen molar-refractivity contribution in [3.05, 3.63) is 66.6 Å². The summed E-state index contributed by atoms with van der Waals surface area (Å²) in [5.74, 6) is 2.18. The predicted molar refractivity (Wildman–Crippen MR) is 117 cm³/mol. The van der Waals surface area contributed by atoms with Crippen molar-refractivity contribution in [2.45, 2.75) is 18.8 Å². The highest BCUT2D eigenvalue weighted by Crippen LogP contribution is 2.34. The number of nitrogens with zero attached hydrogens (tertiary/aromatic N) is 4. The Balaban J connectivity index is 1.37. The Bertz CT molecular complexity index is 1140. The number of alkyl halides is 1. The number of hydrogen-bond acceptors (Lipinski definition) is 5. The first-order valence-electron chi connectivity index (χ1n) is 10.5. The number of aromatic amines is 1. The van der Waals surface area contributed by atoms with Crippen molar-refractivity contribution in [1.82, 2.24) is 24.8 Å². The molecule has 1 N–H and O–H groups in total. The highest BCUT2D eigenvalue weighted by Gasteiger charge is 2.25. The molecule has 0 amide bonds. The van der Waals surface area contributed by atoms with Crippen molar-refractivity contribution in [2.75, 3.05) is 26.3 Å². The SMILES string of the molecule is FCCN1CCC(c2nccnc2Oc2cc[c]c(-c3nc4ccccc4[nH]3)c2)CC1. The lowest BCUT2D eigenvalue weighted by Gasteiger charge is -2.31. The van der Waals surface area contributed by atoms with Gasteiger partial charge in [0, 0.05) is 30.4 Å². The molecule has 0 atom stereocenters. The number of para-hydroxylation sites is 2. The summed E-state index contributed by atoms with van der Waals surface area (Å²) in [5, 5.41) is 0. The van der Waals surface area contributed by atoms with Gasteiger partial charge in [0.2, 0.25) is 5.88 Å². The molecule has 2 aromatic heterocycles. The highest BCUT2D eigenvalue weighted by molar-refractivity contribution is 5.79. The van der Waals surface area contributed by atoms with Crippen molar-refractivity contribution in [3.63, 3.8) is 0 Å². The molecule has 1 aliphatic rings. The van der Waals surface area contributed by atoms with E-state index in [-0.39, 0.29) is 12.6 Å². The molecule has 0 saturated carbocycles. The molecule has 0 spiro atoms. The zero-order chi connectivity index (χ0) is 21.0. The number of likely N-dealkylation sites (tertiary alicyclic amines) is 1. The Morgan fingerprint density at radius 1 is 1.13 bits per heavy atom. The van der Waals surface area contributed by atoms with Gasteiger partial charge < -0.3 is 14.6 Å². The third kappa shape index (κ3) is 4.27. The predicted octanol–water partition coefficient (Wildman–Crippen LogP) is 4.76. The second-order valence-electron chi connectivity index (χ2n) is 7.69. The Morgan fingerprint density at radius 2 is 1.97 bits per heavy atom. The van der Waals surface area contributed by atoms with Crippen molar-refractivity contribution in [1.29, 1.82) is 0 Å². The van der Waals surface area contributed by atoms with E-state index in [1.807, 2.05) is 42.5 Å². The molecule has 3 heterocycles. The third-order valence-corrected chi connectivity index (χ3v) is 5.70. The van der Waals surface area contributed by atoms with Gasteiger partial charge in [-0.3, -0.25) is 4.98 Å². The first-order valence-corrected chi connectivity index (χ1v) is 10.5. The van der Waals surface area contributed by atoms with Crippen LogP contribution in [0.2, 0.25) is 0 Å². The largest absolute Gasteiger partial charge is 0.437 e. The molecular weight excluding hydrogens is 393 g/mol. The number of nitrogens with one attached hydrogen (secondary N) is 1. The minimum Gasteiger partial charge on any atom is -0.437 e. The van der Waals surface area contributed by atoms with Crippen LogP contribution in [-0.2, 0) is 0 Å². The van der Waals surface area contributed by atoms with Crippen LogP contribution in [0.25, 0.3) is 22.4 Å². The van der Waals surface area contributed by atoms with Crippen LogP contribution in [0.4, 0.5) is 4.39 Å². The van der Waals surface area contributed by atoms with Crippen LogP contribution in [0.3, 0.4) is 0 Å². The number of rotatable bonds is 6. The zero-order valence-corrected chi connectivity index (χ0v) is 17.1. The molecule has 31 heavy (non-hydrogen) atoms. The van der Waals surface area contributed by atoms with E-state index in [1.54, 1.807) is 12.4 Å². The van der Waals surface area contributed by atoms with Gasteiger partial charge in [-0.25, -0.2) is 14.4 Å². The summed E-state index contributed by atoms with van der Waals surface area (Å²) in [6.07, 6.45) is 5.19. The van der Waals surface area contributed by atoms with Crippen molar-refractivity contribution < 1.29 is 9.13 Å². The molecule has 2 aromatic carbocycles. The van der Waals surface area contributed by atoms with E-state index in [0.29, 0.717) is 18.2 Å². The number of hydrogen-bond donors (Lipinski definition) is 1. The lowest BCUT2D eigenvalue weighted by molar-refractivity contribution is 0.194. The minimum atomic E-state index is -0.303. The van der Waals surface area contributed by atoms with Gasteiger partial charge in [0.15, 0.2) is 0 Å². The second kappa shape index (κ2) is 8.81. The number of imidazole rings is 1. The monoisotopic (exact) mass is 416 g/mol. The first-order chi connectivity index (χ1) is 15.3. The summed E-state index contributed by atoms with van der Waals surface area (Å²) in [5.41, 5.74) is 3.57. The quantitative estimate of drug-likeness (QED) is 0.491. The number of aromatic nitrogens is 4. The van der Waals surface area contributed by atoms with Crippen LogP contribution in [0.5, 0.6) is 11.6 Å². The zero-order valence-electron chi connectivity index (χ0n) is 17.1. The molecule has 1 radical (unpaired) electrons. The average molecular weight is 416 g/mol. The van der Waals surface area contributed by atoms with Gasteiger partial charge in [-0.15, -0.1) is 0 Å². The summed E-state index contributed by atoms with van der Waals surface area (Å²) in [6.45, 7) is 1.92. The van der Waals surface area contributed by atoms with Crippen molar-refractivity contribution >= 4 is 11.0 Å². The van der Waals surface area contributed by atoms with Gasteiger partial charge in [0.1, 0.15) is 23.9 Å². The van der Waals surface area contributed by atoms with Crippen LogP contribution in [-0.4, -0.2) is 51.1 Å². The fourth-order valence-electron chi connectivity index (χ4n) is 4.08. The summed E-state index contributed by atoms with van der Waals surface area (Å²) in [7, 11) is 0. The molecule has 6 nitrogen and oxygen atoms in total. The maximum Gasteiger partial charge on any atom is 0.241 e. The molecule has 1 fully saturated rings. The molecule has 4 aromatic rings. The second-order valence-corrected chi connectivity index (χ2v) is 7.69. The molecule has 0 aliphatic carbocycles. The topological polar surface area (TPSA) is 66.9 Å². The van der Waals surface area contributed by atoms with E-state index >= 15 is 0 Å². The Morgan fingerprint density at radius 3 is 2.81 bits per heavy atom. The van der Waals surface area contributed by atoms with Gasteiger partial charge >= 0.3 is 0 Å². The summed E-state index contributed by atoms with van der Waals surface area (Å²) in [6, 6.07) is 16.7. The maximum atomic E-state index is 12.6. The number of piperidine rings is 1. The van der Waals surface area contributed by atoms with E-state index in [1.165, 1.54) is 0 Å². The maximum absolute atomic E-state index is 12.6. The van der Waals surface area contributed by atoms with Crippen LogP contribution in [0.15, 0.2) is 54.9 Å². The van der Waals surface area contributed by atoms with Crippen LogP contribution >= 0.6 is 0 Å². The third-order valence-electron chi connectivity index (χ3n) is 5.70. The fraction of sp³-hybridized carbons (Fsp3) is 0.292. The number of ether oxygens (including phenoxy) is 1. The Labute approximate surface area is 180 Å². The molecule has 0 unspecified atom stereocenters. The lowest BCUT2D eigenvalue weighted by Crippen LogP contribution is -2.34. The molecule has 5 rings (SSSR count). The molecule has 0 bridgehead atoms. The van der Waals surface area contributed by atoms with E-state index in [4.69, 9.17) is 4.74 Å². The fourth-order valence-corrected chi connectivity index (χ4v) is 4.08. The van der Waals surface area contributed by atoms with E-state index in [2.05, 4.69) is 30.9 Å². The summed E-state index contributed by atoms with van der Waals surface area (Å²) < 4.78 is 18.8. The van der Waals surface area contributed by atoms with E-state index in [0.717, 1.165) is 54.0 Å². The molecule has 7 heteroatoms. The van der Waals surface area contributed by atoms with Crippen LogP contribution in [0, 0.1) is 6.07 Å². The molecule has 157 valence electrons. The summed E-state index contributed by atoms with van der Waals surface area (Å²) >= 11 is 0. The average Bonchev–Trinajstić information content (AvgIpc) is 3.25. The molecular formula is C24H23FN5O. The van der Waals surface area contributed by atoms with Crippen molar-refractivity contribution in [3.8, 4) is 23.0 Å². The Kier molecular flexibility index (Phi) is 5.58. The Hall–Kier alpha value is -3.32. The summed E-state index contributed by atoms with van der Waals surface area (Å²) in [4.78, 5) is 19.1. The van der Waals surface area contributed by atoms with Gasteiger partial charge in [-0.1, -0.05) is 12.1 Å². The molecule has 1 aliphatic heterocycles. The van der Waals surface area contributed by atoms with E-state index in [9.17, 15) is 4.39 Å². The standard InChI is InChI=1S/C24H23FN5O/c25-10-15-30-13-8-17(9-14-30)22-24(27-12-11-26-22)31-19-5-3-4-18(16-19)23-28-20-6-1-2-7-21(20)29-23/h1-3,5-7,11-12,16-17H,8-10,13-15H2,(H,28,29). The number of H-pyrrole nitrogens is 1. The highest BCUT2D eigenvalue weighted by atomic mass is 19.1. The normalized spacial score (nSPS) is 15.4. The first kappa shape index (κ1) is 19.6. The van der Waals surface area contributed by atoms with Gasteiger partial charge in [0.05, 0.1) is 11.0 Å². The van der Waals surface area contributed by atoms with Crippen LogP contribution < -0.4 is 4.74 Å².